The molecular weight excluding hydrogens is 364 g/mol. The topological polar surface area (TPSA) is 122 Å². The van der Waals surface area contributed by atoms with Crippen LogP contribution in [0.4, 0.5) is 0 Å². The molecule has 0 aromatic heterocycles. The lowest BCUT2D eigenvalue weighted by atomic mass is 10.1. The van der Waals surface area contributed by atoms with Crippen molar-refractivity contribution in [2.45, 2.75) is 17.9 Å². The molecule has 1 aromatic rings. The number of aliphatic carboxylic acids is 1. The molecule has 1 aliphatic rings. The number of rotatable bonds is 7. The van der Waals surface area contributed by atoms with E-state index in [0.717, 1.165) is 0 Å². The molecule has 0 aliphatic carbocycles. The van der Waals surface area contributed by atoms with Gasteiger partial charge in [0.2, 0.25) is 10.0 Å². The van der Waals surface area contributed by atoms with E-state index >= 15 is 0 Å². The molecule has 1 amide bonds. The number of aryl methyl sites for hydroxylation is 1. The first-order valence-corrected chi connectivity index (χ1v) is 9.43. The molecule has 0 radical (unpaired) electrons. The quantitative estimate of drug-likeness (QED) is 0.668. The van der Waals surface area contributed by atoms with Crippen LogP contribution in [-0.4, -0.2) is 75.8 Å². The predicted molar refractivity (Wildman–Crippen MR) is 91.5 cm³/mol. The number of sulfonamides is 1. The van der Waals surface area contributed by atoms with E-state index in [1.165, 1.54) is 23.5 Å². The van der Waals surface area contributed by atoms with Crippen LogP contribution in [0.15, 0.2) is 23.1 Å². The van der Waals surface area contributed by atoms with E-state index < -0.39 is 28.0 Å². The lowest BCUT2D eigenvalue weighted by Crippen LogP contribution is -2.41. The van der Waals surface area contributed by atoms with E-state index in [4.69, 9.17) is 14.6 Å². The van der Waals surface area contributed by atoms with Gasteiger partial charge in [0.1, 0.15) is 0 Å². The van der Waals surface area contributed by atoms with Crippen molar-refractivity contribution in [1.82, 2.24) is 9.62 Å². The molecule has 9 nitrogen and oxygen atoms in total. The summed E-state index contributed by atoms with van der Waals surface area (Å²) in [5, 5.41) is 11.4. The Morgan fingerprint density at radius 2 is 2.00 bits per heavy atom. The molecule has 2 rings (SSSR count). The van der Waals surface area contributed by atoms with Crippen LogP contribution in [0.1, 0.15) is 15.9 Å². The fourth-order valence-corrected chi connectivity index (χ4v) is 4.16. The second kappa shape index (κ2) is 8.58. The van der Waals surface area contributed by atoms with Crippen LogP contribution in [0.5, 0.6) is 0 Å². The molecule has 1 aromatic carbocycles. The first-order chi connectivity index (χ1) is 12.3. The maximum Gasteiger partial charge on any atom is 0.334 e. The molecule has 1 unspecified atom stereocenters. The van der Waals surface area contributed by atoms with Crippen molar-refractivity contribution >= 4 is 21.9 Å². The van der Waals surface area contributed by atoms with Crippen LogP contribution in [0.2, 0.25) is 0 Å². The maximum absolute atomic E-state index is 12.8. The van der Waals surface area contributed by atoms with E-state index in [1.807, 2.05) is 0 Å². The molecule has 144 valence electrons. The summed E-state index contributed by atoms with van der Waals surface area (Å²) in [5.74, 6) is -1.78. The number of benzene rings is 1. The van der Waals surface area contributed by atoms with Crippen molar-refractivity contribution < 1.29 is 32.6 Å². The highest BCUT2D eigenvalue weighted by Gasteiger charge is 2.28. The van der Waals surface area contributed by atoms with Gasteiger partial charge in [-0.2, -0.15) is 4.31 Å². The summed E-state index contributed by atoms with van der Waals surface area (Å²) in [4.78, 5) is 23.2. The largest absolute Gasteiger partial charge is 0.479 e. The Hall–Kier alpha value is -2.01. The van der Waals surface area contributed by atoms with Crippen LogP contribution in [0.25, 0.3) is 0 Å². The van der Waals surface area contributed by atoms with Gasteiger partial charge in [-0.3, -0.25) is 4.79 Å². The average Bonchev–Trinajstić information content (AvgIpc) is 2.62. The summed E-state index contributed by atoms with van der Waals surface area (Å²) in [6, 6.07) is 4.34. The number of morpholine rings is 1. The average molecular weight is 386 g/mol. The summed E-state index contributed by atoms with van der Waals surface area (Å²) < 4.78 is 36.9. The van der Waals surface area contributed by atoms with E-state index in [-0.39, 0.29) is 30.1 Å². The molecule has 1 heterocycles. The number of hydrogen-bond donors (Lipinski definition) is 2. The summed E-state index contributed by atoms with van der Waals surface area (Å²) in [5.41, 5.74) is 0.649. The third kappa shape index (κ3) is 4.58. The second-order valence-electron chi connectivity index (χ2n) is 5.77. The molecule has 10 heteroatoms. The van der Waals surface area contributed by atoms with Crippen LogP contribution in [-0.2, 0) is 24.3 Å². The Kier molecular flexibility index (Phi) is 6.70. The minimum atomic E-state index is -3.74. The van der Waals surface area contributed by atoms with Crippen LogP contribution < -0.4 is 5.32 Å². The minimum absolute atomic E-state index is 0.0496. The van der Waals surface area contributed by atoms with Gasteiger partial charge in [0.15, 0.2) is 6.10 Å². The number of nitrogens with zero attached hydrogens (tertiary/aromatic N) is 1. The number of amides is 1. The number of nitrogens with one attached hydrogen (secondary N) is 1. The molecule has 1 aliphatic heterocycles. The van der Waals surface area contributed by atoms with Crippen molar-refractivity contribution in [2.24, 2.45) is 0 Å². The smallest absolute Gasteiger partial charge is 0.334 e. The van der Waals surface area contributed by atoms with Gasteiger partial charge < -0.3 is 19.9 Å². The molecule has 1 fully saturated rings. The first kappa shape index (κ1) is 20.3. The number of ether oxygens (including phenoxy) is 2. The van der Waals surface area contributed by atoms with E-state index in [9.17, 15) is 18.0 Å². The van der Waals surface area contributed by atoms with Gasteiger partial charge in [-0.05, 0) is 24.6 Å². The lowest BCUT2D eigenvalue weighted by molar-refractivity contribution is -0.148. The molecule has 26 heavy (non-hydrogen) atoms. The van der Waals surface area contributed by atoms with Crippen LogP contribution in [0.3, 0.4) is 0 Å². The number of carboxylic acid groups (broad SMARTS) is 1. The standard InChI is InChI=1S/C16H22N2O7S/c1-11-3-4-12(15(19)17-10-13(24-2)16(20)21)9-14(11)26(22,23)18-5-7-25-8-6-18/h3-4,9,13H,5-8,10H2,1-2H3,(H,17,19)(H,20,21). The molecule has 0 spiro atoms. The van der Waals surface area contributed by atoms with E-state index in [0.29, 0.717) is 18.8 Å². The number of carboxylic acids is 1. The zero-order valence-electron chi connectivity index (χ0n) is 14.6. The third-order valence-electron chi connectivity index (χ3n) is 4.05. The number of carbonyl (C=O) groups excluding carboxylic acids is 1. The SMILES string of the molecule is COC(CNC(=O)c1ccc(C)c(S(=O)(=O)N2CCOCC2)c1)C(=O)O. The van der Waals surface area contributed by atoms with Gasteiger partial charge in [0.25, 0.3) is 5.91 Å². The Bertz CT molecular complexity index is 773. The highest BCUT2D eigenvalue weighted by Crippen LogP contribution is 2.22. The second-order valence-corrected chi connectivity index (χ2v) is 7.68. The van der Waals surface area contributed by atoms with Crippen molar-refractivity contribution in [3.05, 3.63) is 29.3 Å². The lowest BCUT2D eigenvalue weighted by Gasteiger charge is -2.26. The highest BCUT2D eigenvalue weighted by molar-refractivity contribution is 7.89. The summed E-state index contributed by atoms with van der Waals surface area (Å²) >= 11 is 0. The van der Waals surface area contributed by atoms with Gasteiger partial charge in [-0.1, -0.05) is 6.07 Å². The van der Waals surface area contributed by atoms with Crippen LogP contribution >= 0.6 is 0 Å². The van der Waals surface area contributed by atoms with Crippen molar-refractivity contribution in [3.8, 4) is 0 Å². The highest BCUT2D eigenvalue weighted by atomic mass is 32.2. The fraction of sp³-hybridized carbons (Fsp3) is 0.500. The maximum atomic E-state index is 12.8. The zero-order valence-corrected chi connectivity index (χ0v) is 15.4. The van der Waals surface area contributed by atoms with Gasteiger partial charge in [-0.15, -0.1) is 0 Å². The summed E-state index contributed by atoms with van der Waals surface area (Å²) in [7, 11) is -2.52. The van der Waals surface area contributed by atoms with Crippen molar-refractivity contribution in [3.63, 3.8) is 0 Å². The van der Waals surface area contributed by atoms with Gasteiger partial charge in [0.05, 0.1) is 24.7 Å². The van der Waals surface area contributed by atoms with Crippen molar-refractivity contribution in [2.75, 3.05) is 40.0 Å². The van der Waals surface area contributed by atoms with Gasteiger partial charge in [0, 0.05) is 25.8 Å². The first-order valence-electron chi connectivity index (χ1n) is 7.99. The number of carbonyl (C=O) groups is 2. The van der Waals surface area contributed by atoms with Crippen molar-refractivity contribution in [1.29, 1.82) is 0 Å². The fourth-order valence-electron chi connectivity index (χ4n) is 2.50. The van der Waals surface area contributed by atoms with Crippen LogP contribution in [0, 0.1) is 6.92 Å². The summed E-state index contributed by atoms with van der Waals surface area (Å²) in [6.45, 7) is 2.58. The zero-order chi connectivity index (χ0) is 19.3. The number of methoxy groups -OCH3 is 1. The number of hydrogen-bond acceptors (Lipinski definition) is 6. The molecule has 1 atom stereocenters. The molecule has 0 bridgehead atoms. The molecular formula is C16H22N2O7S. The Morgan fingerprint density at radius 1 is 1.35 bits per heavy atom. The minimum Gasteiger partial charge on any atom is -0.479 e. The Morgan fingerprint density at radius 3 is 2.58 bits per heavy atom. The monoisotopic (exact) mass is 386 g/mol. The third-order valence-corrected chi connectivity index (χ3v) is 6.09. The van der Waals surface area contributed by atoms with E-state index in [1.54, 1.807) is 13.0 Å². The molecule has 1 saturated heterocycles. The Labute approximate surface area is 151 Å². The normalized spacial score (nSPS) is 16.8. The molecule has 2 N–H and O–H groups in total. The molecule has 0 saturated carbocycles. The van der Waals surface area contributed by atoms with Gasteiger partial charge in [-0.25, -0.2) is 13.2 Å². The van der Waals surface area contributed by atoms with Gasteiger partial charge >= 0.3 is 5.97 Å². The van der Waals surface area contributed by atoms with E-state index in [2.05, 4.69) is 5.32 Å². The summed E-state index contributed by atoms with van der Waals surface area (Å²) in [6.07, 6.45) is -1.18. The predicted octanol–water partition coefficient (Wildman–Crippen LogP) is -0.155. The Balaban J connectivity index is 2.20.